The molecule has 4 heterocycles. The molecule has 5 rings (SSSR count). The minimum atomic E-state index is -0.794. The van der Waals surface area contributed by atoms with E-state index in [9.17, 15) is 9.59 Å². The summed E-state index contributed by atoms with van der Waals surface area (Å²) in [4.78, 5) is 40.3. The smallest absolute Gasteiger partial charge is 0.338 e. The molecule has 1 aliphatic rings. The third kappa shape index (κ3) is 5.11. The van der Waals surface area contributed by atoms with Gasteiger partial charge in [0.15, 0.2) is 15.1 Å². The Morgan fingerprint density at radius 1 is 1.26 bits per heavy atom. The molecule has 1 atom stereocenters. The number of aromatic nitrogens is 3. The molecule has 3 aromatic heterocycles. The van der Waals surface area contributed by atoms with Gasteiger partial charge >= 0.3 is 5.97 Å². The summed E-state index contributed by atoms with van der Waals surface area (Å²) in [5.74, 6) is 0.484. The number of hydrogen-bond donors (Lipinski definition) is 0. The van der Waals surface area contributed by atoms with Crippen LogP contribution in [0.1, 0.15) is 31.2 Å². The van der Waals surface area contributed by atoms with Gasteiger partial charge < -0.3 is 13.9 Å². The van der Waals surface area contributed by atoms with E-state index in [4.69, 9.17) is 13.9 Å². The van der Waals surface area contributed by atoms with E-state index >= 15 is 0 Å². The Balaban J connectivity index is 1.63. The van der Waals surface area contributed by atoms with Crippen LogP contribution in [0.25, 0.3) is 6.08 Å². The minimum Gasteiger partial charge on any atom is -0.496 e. The van der Waals surface area contributed by atoms with Crippen molar-refractivity contribution >= 4 is 51.1 Å². The molecule has 12 heteroatoms. The van der Waals surface area contributed by atoms with Crippen LogP contribution < -0.4 is 19.6 Å². The van der Waals surface area contributed by atoms with E-state index in [2.05, 4.69) is 30.9 Å². The minimum absolute atomic E-state index is 0.190. The summed E-state index contributed by atoms with van der Waals surface area (Å²) in [6, 6.07) is 9.96. The maximum absolute atomic E-state index is 13.8. The molecule has 4 aromatic rings. The summed E-state index contributed by atoms with van der Waals surface area (Å²) in [7, 11) is 1.55. The Labute approximate surface area is 233 Å². The van der Waals surface area contributed by atoms with Gasteiger partial charge in [-0.1, -0.05) is 27.3 Å². The van der Waals surface area contributed by atoms with Crippen molar-refractivity contribution in [2.24, 2.45) is 4.99 Å². The van der Waals surface area contributed by atoms with Crippen LogP contribution in [0, 0.1) is 0 Å². The molecule has 0 unspecified atom stereocenters. The number of esters is 1. The predicted molar refractivity (Wildman–Crippen MR) is 146 cm³/mol. The third-order valence-corrected chi connectivity index (χ3v) is 7.90. The first-order valence-corrected chi connectivity index (χ1v) is 13.9. The second-order valence-electron chi connectivity index (χ2n) is 7.98. The van der Waals surface area contributed by atoms with E-state index in [-0.39, 0.29) is 17.7 Å². The van der Waals surface area contributed by atoms with Crippen molar-refractivity contribution in [1.82, 2.24) is 14.5 Å². The van der Waals surface area contributed by atoms with Crippen molar-refractivity contribution in [2.75, 3.05) is 13.7 Å². The Morgan fingerprint density at radius 2 is 2.05 bits per heavy atom. The fourth-order valence-electron chi connectivity index (χ4n) is 4.03. The standard InChI is InChI=1S/C26H21BrN4O5S2/c1-4-35-24(33)21-14(2)30-26-31(22(21)17-12-15(27)6-8-18(17)34-3)23(32)19(37-26)13-16-7-9-20(36-16)38-25-28-10-5-11-29-25/h5-13,22H,4H2,1-3H3/b19-13-/t22-/m1/s1. The normalized spacial score (nSPS) is 15.3. The largest absolute Gasteiger partial charge is 0.496 e. The second kappa shape index (κ2) is 11.1. The van der Waals surface area contributed by atoms with Crippen LogP contribution in [0.2, 0.25) is 0 Å². The van der Waals surface area contributed by atoms with Crippen molar-refractivity contribution in [3.63, 3.8) is 0 Å². The number of furan rings is 1. The van der Waals surface area contributed by atoms with Crippen LogP contribution >= 0.6 is 39.0 Å². The number of allylic oxidation sites excluding steroid dienone is 1. The number of thiazole rings is 1. The monoisotopic (exact) mass is 612 g/mol. The highest BCUT2D eigenvalue weighted by Crippen LogP contribution is 2.37. The molecule has 0 aliphatic carbocycles. The highest BCUT2D eigenvalue weighted by Gasteiger charge is 2.35. The lowest BCUT2D eigenvalue weighted by Gasteiger charge is -2.26. The zero-order valence-electron chi connectivity index (χ0n) is 20.5. The van der Waals surface area contributed by atoms with Gasteiger partial charge in [-0.3, -0.25) is 9.36 Å². The van der Waals surface area contributed by atoms with Gasteiger partial charge in [-0.25, -0.2) is 19.8 Å². The molecular formula is C26H21BrN4O5S2. The zero-order valence-corrected chi connectivity index (χ0v) is 23.7. The van der Waals surface area contributed by atoms with Gasteiger partial charge in [0.25, 0.3) is 5.56 Å². The van der Waals surface area contributed by atoms with E-state index in [1.54, 1.807) is 63.7 Å². The molecule has 1 aromatic carbocycles. The lowest BCUT2D eigenvalue weighted by atomic mass is 9.95. The summed E-state index contributed by atoms with van der Waals surface area (Å²) in [5, 5.41) is 1.14. The molecule has 0 saturated carbocycles. The maximum atomic E-state index is 13.8. The average Bonchev–Trinajstić information content (AvgIpc) is 3.47. The molecule has 9 nitrogen and oxygen atoms in total. The molecule has 38 heavy (non-hydrogen) atoms. The molecular weight excluding hydrogens is 592 g/mol. The molecule has 0 spiro atoms. The molecule has 1 aliphatic heterocycles. The lowest BCUT2D eigenvalue weighted by molar-refractivity contribution is -0.139. The summed E-state index contributed by atoms with van der Waals surface area (Å²) in [6.07, 6.45) is 4.98. The van der Waals surface area contributed by atoms with Crippen LogP contribution in [0.4, 0.5) is 0 Å². The number of benzene rings is 1. The second-order valence-corrected chi connectivity index (χ2v) is 10.9. The number of nitrogens with zero attached hydrogens (tertiary/aromatic N) is 4. The first kappa shape index (κ1) is 26.1. The summed E-state index contributed by atoms with van der Waals surface area (Å²) < 4.78 is 19.6. The van der Waals surface area contributed by atoms with Crippen molar-refractivity contribution < 1.29 is 18.7 Å². The molecule has 0 bridgehead atoms. The van der Waals surface area contributed by atoms with E-state index in [1.165, 1.54) is 27.7 Å². The number of carbonyl (C=O) groups excluding carboxylic acids is 1. The first-order valence-electron chi connectivity index (χ1n) is 11.5. The topological polar surface area (TPSA) is 109 Å². The molecule has 0 fully saturated rings. The number of rotatable bonds is 7. The Morgan fingerprint density at radius 3 is 2.79 bits per heavy atom. The summed E-state index contributed by atoms with van der Waals surface area (Å²) in [5.41, 5.74) is 1.07. The predicted octanol–water partition coefficient (Wildman–Crippen LogP) is 4.10. The van der Waals surface area contributed by atoms with Gasteiger partial charge in [0.2, 0.25) is 0 Å². The Bertz CT molecular complexity index is 1730. The molecule has 0 amide bonds. The van der Waals surface area contributed by atoms with Gasteiger partial charge in [-0.05, 0) is 62.0 Å². The number of fused-ring (bicyclic) bond motifs is 1. The summed E-state index contributed by atoms with van der Waals surface area (Å²) in [6.45, 7) is 3.66. The van der Waals surface area contributed by atoms with Crippen LogP contribution in [0.5, 0.6) is 5.75 Å². The number of methoxy groups -OCH3 is 1. The van der Waals surface area contributed by atoms with E-state index < -0.39 is 12.0 Å². The molecule has 0 radical (unpaired) electrons. The zero-order chi connectivity index (χ0) is 26.8. The highest BCUT2D eigenvalue weighted by atomic mass is 79.9. The van der Waals surface area contributed by atoms with Crippen molar-refractivity contribution in [3.8, 4) is 5.75 Å². The van der Waals surface area contributed by atoms with Crippen molar-refractivity contribution in [1.29, 1.82) is 0 Å². The van der Waals surface area contributed by atoms with Crippen molar-refractivity contribution in [3.05, 3.63) is 95.5 Å². The Kier molecular flexibility index (Phi) is 7.63. The lowest BCUT2D eigenvalue weighted by Crippen LogP contribution is -2.40. The van der Waals surface area contributed by atoms with Gasteiger partial charge in [0.05, 0.1) is 29.5 Å². The van der Waals surface area contributed by atoms with Gasteiger partial charge in [-0.2, -0.15) is 0 Å². The number of hydrogen-bond acceptors (Lipinski definition) is 10. The SMILES string of the molecule is CCOC(=O)C1=C(C)N=c2s/c(=C\c3ccc(Sc4ncccn4)o3)c(=O)n2[C@@H]1c1cc(Br)ccc1OC. The first-order chi connectivity index (χ1) is 18.4. The fourth-order valence-corrected chi connectivity index (χ4v) is 6.12. The van der Waals surface area contributed by atoms with E-state index in [0.717, 1.165) is 4.47 Å². The maximum Gasteiger partial charge on any atom is 0.338 e. The fraction of sp³-hybridized carbons (Fsp3) is 0.192. The van der Waals surface area contributed by atoms with E-state index in [0.29, 0.717) is 42.4 Å². The quantitative estimate of drug-likeness (QED) is 0.227. The molecule has 194 valence electrons. The van der Waals surface area contributed by atoms with Gasteiger partial charge in [0.1, 0.15) is 17.6 Å². The van der Waals surface area contributed by atoms with Gasteiger partial charge in [0, 0.05) is 28.5 Å². The highest BCUT2D eigenvalue weighted by molar-refractivity contribution is 9.10. The average molecular weight is 614 g/mol. The van der Waals surface area contributed by atoms with E-state index in [1.807, 2.05) is 12.1 Å². The third-order valence-electron chi connectivity index (χ3n) is 5.61. The number of ether oxygens (including phenoxy) is 2. The van der Waals surface area contributed by atoms with Crippen LogP contribution in [0.3, 0.4) is 0 Å². The molecule has 0 N–H and O–H groups in total. The van der Waals surface area contributed by atoms with Crippen LogP contribution in [0.15, 0.2) is 89.0 Å². The van der Waals surface area contributed by atoms with Crippen LogP contribution in [-0.2, 0) is 9.53 Å². The number of carbonyl (C=O) groups is 1. The Hall–Kier alpha value is -3.48. The molecule has 0 saturated heterocycles. The number of halogens is 1. The summed E-state index contributed by atoms with van der Waals surface area (Å²) >= 11 is 6.00. The van der Waals surface area contributed by atoms with Crippen LogP contribution in [-0.4, -0.2) is 34.2 Å². The van der Waals surface area contributed by atoms with Gasteiger partial charge in [-0.15, -0.1) is 0 Å². The van der Waals surface area contributed by atoms with Crippen molar-refractivity contribution in [2.45, 2.75) is 30.1 Å².